The minimum Gasteiger partial charge on any atom is -0.444 e. The van der Waals surface area contributed by atoms with E-state index in [0.717, 1.165) is 16.6 Å². The van der Waals surface area contributed by atoms with Crippen LogP contribution in [0.1, 0.15) is 23.1 Å². The Hall–Kier alpha value is -2.71. The van der Waals surface area contributed by atoms with Crippen molar-refractivity contribution in [3.05, 3.63) is 52.7 Å². The van der Waals surface area contributed by atoms with E-state index in [9.17, 15) is 4.79 Å². The van der Waals surface area contributed by atoms with E-state index < -0.39 is 6.09 Å². The van der Waals surface area contributed by atoms with Gasteiger partial charge in [-0.3, -0.25) is 0 Å². The van der Waals surface area contributed by atoms with Crippen LogP contribution in [0.25, 0.3) is 11.2 Å². The summed E-state index contributed by atoms with van der Waals surface area (Å²) >= 11 is 6.19. The second-order valence-electron chi connectivity index (χ2n) is 6.34. The average Bonchev–Trinajstić information content (AvgIpc) is 3.11. The molecule has 0 saturated carbocycles. The van der Waals surface area contributed by atoms with E-state index in [0.29, 0.717) is 36.2 Å². The number of amides is 1. The van der Waals surface area contributed by atoms with Crippen LogP contribution in [0.3, 0.4) is 0 Å². The molecule has 0 spiro atoms. The molecule has 0 radical (unpaired) electrons. The summed E-state index contributed by atoms with van der Waals surface area (Å²) in [7, 11) is 0. The van der Waals surface area contributed by atoms with Crippen LogP contribution >= 0.6 is 11.6 Å². The first-order valence-electron chi connectivity index (χ1n) is 8.54. The lowest BCUT2D eigenvalue weighted by molar-refractivity contribution is -0.0330. The number of aromatic nitrogens is 4. The minimum atomic E-state index is -0.407. The number of morpholine rings is 1. The Morgan fingerprint density at radius 2 is 2.37 bits per heavy atom. The third kappa shape index (κ3) is 3.86. The third-order valence-corrected chi connectivity index (χ3v) is 4.72. The van der Waals surface area contributed by atoms with Crippen molar-refractivity contribution < 1.29 is 14.3 Å². The number of benzene rings is 1. The second kappa shape index (κ2) is 7.50. The number of hydrogen-bond donors (Lipinski definition) is 1. The number of fused-ring (bicyclic) bond motifs is 1. The van der Waals surface area contributed by atoms with Gasteiger partial charge in [-0.2, -0.15) is 0 Å². The van der Waals surface area contributed by atoms with Crippen molar-refractivity contribution >= 4 is 28.9 Å². The number of H-pyrrole nitrogens is 1. The Morgan fingerprint density at radius 1 is 1.48 bits per heavy atom. The molecular formula is C18H18ClN5O3. The number of aryl methyl sites for hydroxylation is 1. The lowest BCUT2D eigenvalue weighted by Crippen LogP contribution is -2.42. The van der Waals surface area contributed by atoms with E-state index in [4.69, 9.17) is 21.1 Å². The maximum Gasteiger partial charge on any atom is 0.410 e. The van der Waals surface area contributed by atoms with Crippen LogP contribution < -0.4 is 0 Å². The van der Waals surface area contributed by atoms with Crippen LogP contribution in [0.2, 0.25) is 5.02 Å². The fraction of sp³-hybridized carbons (Fsp3) is 0.333. The summed E-state index contributed by atoms with van der Waals surface area (Å²) < 4.78 is 11.2. The molecule has 8 nitrogen and oxygen atoms in total. The molecule has 27 heavy (non-hydrogen) atoms. The molecule has 0 unspecified atom stereocenters. The van der Waals surface area contributed by atoms with Crippen LogP contribution in [0.4, 0.5) is 4.79 Å². The number of imidazole rings is 1. The van der Waals surface area contributed by atoms with E-state index in [1.165, 1.54) is 6.33 Å². The van der Waals surface area contributed by atoms with Gasteiger partial charge in [-0.05, 0) is 18.6 Å². The smallest absolute Gasteiger partial charge is 0.410 e. The number of ether oxygens (including phenoxy) is 2. The zero-order valence-corrected chi connectivity index (χ0v) is 15.4. The highest BCUT2D eigenvalue weighted by Gasteiger charge is 2.28. The van der Waals surface area contributed by atoms with Gasteiger partial charge in [0.2, 0.25) is 0 Å². The largest absolute Gasteiger partial charge is 0.444 e. The molecule has 1 atom stereocenters. The van der Waals surface area contributed by atoms with E-state index >= 15 is 0 Å². The van der Waals surface area contributed by atoms with Gasteiger partial charge in [-0.1, -0.05) is 23.7 Å². The van der Waals surface area contributed by atoms with Crippen LogP contribution in [0, 0.1) is 6.92 Å². The summed E-state index contributed by atoms with van der Waals surface area (Å²) in [5.41, 5.74) is 3.13. The molecule has 4 rings (SSSR count). The molecule has 0 aliphatic carbocycles. The molecule has 3 heterocycles. The van der Waals surface area contributed by atoms with Gasteiger partial charge in [0, 0.05) is 17.1 Å². The Labute approximate surface area is 160 Å². The standard InChI is InChI=1S/C18H18ClN5O3/c1-11-2-3-12(13(19)6-11)9-27-18(25)24-4-5-26-15(8-24)17-22-14-7-20-10-21-16(14)23-17/h2-3,6-7,10,15H,4-5,8-9H2,1H3,(H,20,21,22,23)/t15-/m0/s1. The van der Waals surface area contributed by atoms with Crippen molar-refractivity contribution in [3.8, 4) is 0 Å². The molecule has 1 aliphatic heterocycles. The summed E-state index contributed by atoms with van der Waals surface area (Å²) in [6.45, 7) is 3.28. The number of nitrogens with zero attached hydrogens (tertiary/aromatic N) is 4. The van der Waals surface area contributed by atoms with E-state index in [1.807, 2.05) is 25.1 Å². The number of aromatic amines is 1. The first kappa shape index (κ1) is 17.7. The SMILES string of the molecule is Cc1ccc(COC(=O)N2CCO[C@H](c3nc4ncncc4[nH]3)C2)c(Cl)c1. The van der Waals surface area contributed by atoms with Gasteiger partial charge < -0.3 is 19.4 Å². The van der Waals surface area contributed by atoms with Gasteiger partial charge in [0.05, 0.1) is 19.3 Å². The third-order valence-electron chi connectivity index (χ3n) is 4.37. The summed E-state index contributed by atoms with van der Waals surface area (Å²) in [5.74, 6) is 0.615. The maximum absolute atomic E-state index is 12.5. The maximum atomic E-state index is 12.5. The zero-order valence-electron chi connectivity index (χ0n) is 14.7. The van der Waals surface area contributed by atoms with Crippen LogP contribution in [-0.4, -0.2) is 50.6 Å². The summed E-state index contributed by atoms with van der Waals surface area (Å²) in [5, 5.41) is 0.589. The van der Waals surface area contributed by atoms with Gasteiger partial charge in [0.25, 0.3) is 0 Å². The number of carbonyl (C=O) groups excluding carboxylic acids is 1. The van der Waals surface area contributed by atoms with Crippen LogP contribution in [-0.2, 0) is 16.1 Å². The Kier molecular flexibility index (Phi) is 4.91. The normalized spacial score (nSPS) is 17.3. The summed E-state index contributed by atoms with van der Waals surface area (Å²) in [6.07, 6.45) is 2.31. The number of carbonyl (C=O) groups is 1. The molecule has 1 saturated heterocycles. The van der Waals surface area contributed by atoms with Gasteiger partial charge in [0.15, 0.2) is 5.65 Å². The van der Waals surface area contributed by atoms with Crippen molar-refractivity contribution in [2.45, 2.75) is 19.6 Å². The predicted octanol–water partition coefficient (Wildman–Crippen LogP) is 3.02. The monoisotopic (exact) mass is 387 g/mol. The molecule has 2 aromatic heterocycles. The molecular weight excluding hydrogens is 370 g/mol. The van der Waals surface area contributed by atoms with E-state index in [-0.39, 0.29) is 12.7 Å². The number of halogens is 1. The topological polar surface area (TPSA) is 93.2 Å². The average molecular weight is 388 g/mol. The zero-order chi connectivity index (χ0) is 18.8. The number of rotatable bonds is 3. The first-order chi connectivity index (χ1) is 13.1. The van der Waals surface area contributed by atoms with E-state index in [1.54, 1.807) is 11.1 Å². The Morgan fingerprint density at radius 3 is 3.19 bits per heavy atom. The Balaban J connectivity index is 1.40. The van der Waals surface area contributed by atoms with Gasteiger partial charge in [-0.25, -0.2) is 19.7 Å². The molecule has 1 fully saturated rings. The van der Waals surface area contributed by atoms with Gasteiger partial charge in [0.1, 0.15) is 30.4 Å². The molecule has 1 aliphatic rings. The quantitative estimate of drug-likeness (QED) is 0.742. The highest BCUT2D eigenvalue weighted by Crippen LogP contribution is 2.23. The van der Waals surface area contributed by atoms with E-state index in [2.05, 4.69) is 19.9 Å². The van der Waals surface area contributed by atoms with Crippen molar-refractivity contribution in [1.82, 2.24) is 24.8 Å². The molecule has 9 heteroatoms. The van der Waals surface area contributed by atoms with Crippen molar-refractivity contribution in [2.24, 2.45) is 0 Å². The fourth-order valence-corrected chi connectivity index (χ4v) is 3.20. The van der Waals surface area contributed by atoms with Gasteiger partial charge >= 0.3 is 6.09 Å². The minimum absolute atomic E-state index is 0.125. The fourth-order valence-electron chi connectivity index (χ4n) is 2.91. The molecule has 0 bridgehead atoms. The predicted molar refractivity (Wildman–Crippen MR) is 98.3 cm³/mol. The first-order valence-corrected chi connectivity index (χ1v) is 8.92. The van der Waals surface area contributed by atoms with Crippen molar-refractivity contribution in [1.29, 1.82) is 0 Å². The second-order valence-corrected chi connectivity index (χ2v) is 6.74. The number of hydrogen-bond acceptors (Lipinski definition) is 6. The summed E-state index contributed by atoms with van der Waals surface area (Å²) in [6, 6.07) is 5.65. The highest BCUT2D eigenvalue weighted by atomic mass is 35.5. The molecule has 1 aromatic carbocycles. The van der Waals surface area contributed by atoms with Crippen LogP contribution in [0.15, 0.2) is 30.7 Å². The molecule has 3 aromatic rings. The highest BCUT2D eigenvalue weighted by molar-refractivity contribution is 6.31. The van der Waals surface area contributed by atoms with Crippen molar-refractivity contribution in [3.63, 3.8) is 0 Å². The molecule has 1 N–H and O–H groups in total. The van der Waals surface area contributed by atoms with Crippen LogP contribution in [0.5, 0.6) is 0 Å². The van der Waals surface area contributed by atoms with Crippen molar-refractivity contribution in [2.75, 3.05) is 19.7 Å². The Bertz CT molecular complexity index is 944. The lowest BCUT2D eigenvalue weighted by atomic mass is 10.2. The number of nitrogens with one attached hydrogen (secondary N) is 1. The summed E-state index contributed by atoms with van der Waals surface area (Å²) in [4.78, 5) is 29.7. The lowest BCUT2D eigenvalue weighted by Gasteiger charge is -2.31. The molecule has 140 valence electrons. The molecule has 1 amide bonds. The van der Waals surface area contributed by atoms with Gasteiger partial charge in [-0.15, -0.1) is 0 Å².